The lowest BCUT2D eigenvalue weighted by atomic mass is 10.5. The number of hydrogen-bond donors (Lipinski definition) is 0. The molecular formula is C7H10Cl2O3. The quantitative estimate of drug-likeness (QED) is 0.522. The average Bonchev–Trinajstić information content (AvgIpc) is 2.40. The molecule has 0 bridgehead atoms. The van der Waals surface area contributed by atoms with Crippen molar-refractivity contribution in [3.8, 4) is 0 Å². The zero-order valence-corrected chi connectivity index (χ0v) is 8.41. The fraction of sp³-hybridized carbons (Fsp3) is 0.857. The maximum absolute atomic E-state index is 10.9. The van der Waals surface area contributed by atoms with E-state index in [1.807, 2.05) is 0 Å². The van der Waals surface area contributed by atoms with Gasteiger partial charge >= 0.3 is 6.16 Å². The van der Waals surface area contributed by atoms with Gasteiger partial charge in [-0.15, -0.1) is 0 Å². The van der Waals surface area contributed by atoms with Crippen molar-refractivity contribution in [2.75, 3.05) is 0 Å². The number of ether oxygens (including phenoxy) is 2. The monoisotopic (exact) mass is 212 g/mol. The van der Waals surface area contributed by atoms with E-state index in [9.17, 15) is 4.79 Å². The second-order valence-electron chi connectivity index (χ2n) is 3.20. The first kappa shape index (κ1) is 9.93. The van der Waals surface area contributed by atoms with Gasteiger partial charge in [-0.2, -0.15) is 0 Å². The molecule has 0 saturated heterocycles. The van der Waals surface area contributed by atoms with Gasteiger partial charge in [0.05, 0.1) is 0 Å². The molecule has 0 radical (unpaired) electrons. The highest BCUT2D eigenvalue weighted by Crippen LogP contribution is 2.44. The minimum absolute atomic E-state index is 0.673. The highest BCUT2D eigenvalue weighted by molar-refractivity contribution is 6.25. The van der Waals surface area contributed by atoms with Crippen LogP contribution in [0.1, 0.15) is 26.7 Å². The van der Waals surface area contributed by atoms with E-state index in [0.717, 1.165) is 0 Å². The molecule has 1 fully saturated rings. The van der Waals surface area contributed by atoms with E-state index in [-0.39, 0.29) is 0 Å². The molecule has 0 aliphatic heterocycles. The summed E-state index contributed by atoms with van der Waals surface area (Å²) in [6.07, 6.45) is 0.529. The lowest BCUT2D eigenvalue weighted by Gasteiger charge is -2.17. The molecule has 0 aromatic rings. The summed E-state index contributed by atoms with van der Waals surface area (Å²) in [7, 11) is 0. The van der Waals surface area contributed by atoms with Crippen molar-refractivity contribution < 1.29 is 14.3 Å². The molecule has 0 N–H and O–H groups in total. The number of halogens is 2. The minimum atomic E-state index is -1.04. The SMILES string of the molecule is CC(C)(Cl)OC(=O)OC1(Cl)CC1. The Hall–Kier alpha value is -0.150. The summed E-state index contributed by atoms with van der Waals surface area (Å²) in [6.45, 7) is 3.09. The van der Waals surface area contributed by atoms with Crippen molar-refractivity contribution in [2.45, 2.75) is 36.8 Å². The maximum Gasteiger partial charge on any atom is 0.511 e. The van der Waals surface area contributed by atoms with Crippen LogP contribution in [0.15, 0.2) is 0 Å². The second kappa shape index (κ2) is 2.96. The molecule has 0 spiro atoms. The zero-order valence-electron chi connectivity index (χ0n) is 6.89. The lowest BCUT2D eigenvalue weighted by Crippen LogP contribution is -2.24. The number of alkyl halides is 2. The first-order chi connectivity index (χ1) is 5.31. The number of rotatable bonds is 2. The van der Waals surface area contributed by atoms with Gasteiger partial charge in [-0.3, -0.25) is 0 Å². The largest absolute Gasteiger partial charge is 0.511 e. The van der Waals surface area contributed by atoms with Crippen molar-refractivity contribution >= 4 is 29.4 Å². The van der Waals surface area contributed by atoms with Gasteiger partial charge in [-0.1, -0.05) is 23.2 Å². The van der Waals surface area contributed by atoms with Gasteiger partial charge in [0.25, 0.3) is 0 Å². The number of carbonyl (C=O) groups excluding carboxylic acids is 1. The molecule has 1 saturated carbocycles. The van der Waals surface area contributed by atoms with Crippen LogP contribution in [0.2, 0.25) is 0 Å². The smallest absolute Gasteiger partial charge is 0.412 e. The lowest BCUT2D eigenvalue weighted by molar-refractivity contribution is 0.00707. The fourth-order valence-electron chi connectivity index (χ4n) is 0.569. The van der Waals surface area contributed by atoms with Crippen LogP contribution in [0.3, 0.4) is 0 Å². The van der Waals surface area contributed by atoms with Crippen molar-refractivity contribution in [1.82, 2.24) is 0 Å². The highest BCUT2D eigenvalue weighted by atomic mass is 35.5. The van der Waals surface area contributed by atoms with Crippen LogP contribution >= 0.6 is 23.2 Å². The van der Waals surface area contributed by atoms with Crippen LogP contribution in [-0.4, -0.2) is 16.3 Å². The third-order valence-corrected chi connectivity index (χ3v) is 1.77. The van der Waals surface area contributed by atoms with Gasteiger partial charge in [-0.05, 0) is 13.8 Å². The Labute approximate surface area is 80.9 Å². The summed E-state index contributed by atoms with van der Waals surface area (Å²) in [5.74, 6) is 0. The van der Waals surface area contributed by atoms with Crippen LogP contribution in [0.25, 0.3) is 0 Å². The predicted octanol–water partition coefficient (Wildman–Crippen LogP) is 2.84. The Bertz CT molecular complexity index is 184. The first-order valence-corrected chi connectivity index (χ1v) is 4.36. The Morgan fingerprint density at radius 3 is 2.33 bits per heavy atom. The minimum Gasteiger partial charge on any atom is -0.412 e. The van der Waals surface area contributed by atoms with Gasteiger partial charge in [0.1, 0.15) is 0 Å². The summed E-state index contributed by atoms with van der Waals surface area (Å²) < 4.78 is 9.42. The first-order valence-electron chi connectivity index (χ1n) is 3.61. The summed E-state index contributed by atoms with van der Waals surface area (Å²) in [5.41, 5.74) is 0. The summed E-state index contributed by atoms with van der Waals surface area (Å²) in [5, 5.41) is -1.86. The van der Waals surface area contributed by atoms with Crippen molar-refractivity contribution in [3.63, 3.8) is 0 Å². The molecule has 0 aromatic heterocycles. The standard InChI is InChI=1S/C7H10Cl2O3/c1-6(2,8)11-5(10)12-7(9)3-4-7/h3-4H2,1-2H3. The molecule has 0 heterocycles. The topological polar surface area (TPSA) is 35.5 Å². The van der Waals surface area contributed by atoms with E-state index < -0.39 is 16.3 Å². The normalized spacial score (nSPS) is 20.0. The Morgan fingerprint density at radius 1 is 1.50 bits per heavy atom. The van der Waals surface area contributed by atoms with Gasteiger partial charge in [0.2, 0.25) is 0 Å². The van der Waals surface area contributed by atoms with Crippen LogP contribution in [0.4, 0.5) is 4.79 Å². The third kappa shape index (κ3) is 3.50. The highest BCUT2D eigenvalue weighted by Gasteiger charge is 2.46. The average molecular weight is 213 g/mol. The van der Waals surface area contributed by atoms with Crippen LogP contribution in [-0.2, 0) is 9.47 Å². The molecule has 0 amide bonds. The van der Waals surface area contributed by atoms with Crippen LogP contribution in [0.5, 0.6) is 0 Å². The van der Waals surface area contributed by atoms with Crippen molar-refractivity contribution in [3.05, 3.63) is 0 Å². The number of hydrogen-bond acceptors (Lipinski definition) is 3. The molecule has 1 rings (SSSR count). The van der Waals surface area contributed by atoms with Crippen molar-refractivity contribution in [2.24, 2.45) is 0 Å². The van der Waals surface area contributed by atoms with Crippen LogP contribution in [0, 0.1) is 0 Å². The van der Waals surface area contributed by atoms with Crippen molar-refractivity contribution in [1.29, 1.82) is 0 Å². The molecule has 70 valence electrons. The van der Waals surface area contributed by atoms with Gasteiger partial charge < -0.3 is 9.47 Å². The van der Waals surface area contributed by atoms with Gasteiger partial charge in [0, 0.05) is 12.8 Å². The zero-order chi connectivity index (χ0) is 9.41. The Morgan fingerprint density at radius 2 is 2.00 bits per heavy atom. The molecule has 0 aromatic carbocycles. The molecule has 0 atom stereocenters. The summed E-state index contributed by atoms with van der Waals surface area (Å²) in [6, 6.07) is 0. The number of carbonyl (C=O) groups is 1. The van der Waals surface area contributed by atoms with E-state index >= 15 is 0 Å². The molecule has 1 aliphatic carbocycles. The Kier molecular flexibility index (Phi) is 2.45. The third-order valence-electron chi connectivity index (χ3n) is 1.24. The molecule has 1 aliphatic rings. The summed E-state index contributed by atoms with van der Waals surface area (Å²) >= 11 is 11.3. The molecule has 5 heteroatoms. The molecule has 3 nitrogen and oxygen atoms in total. The van der Waals surface area contributed by atoms with E-state index in [0.29, 0.717) is 12.8 Å². The maximum atomic E-state index is 10.9. The molecule has 12 heavy (non-hydrogen) atoms. The van der Waals surface area contributed by atoms with E-state index in [4.69, 9.17) is 27.9 Å². The fourth-order valence-corrected chi connectivity index (χ4v) is 0.789. The predicted molar refractivity (Wildman–Crippen MR) is 45.3 cm³/mol. The van der Waals surface area contributed by atoms with E-state index in [1.54, 1.807) is 13.8 Å². The van der Waals surface area contributed by atoms with E-state index in [1.165, 1.54) is 0 Å². The molecular weight excluding hydrogens is 203 g/mol. The Balaban J connectivity index is 2.30. The molecule has 0 unspecified atom stereocenters. The van der Waals surface area contributed by atoms with Gasteiger partial charge in [0.15, 0.2) is 10.1 Å². The van der Waals surface area contributed by atoms with Crippen LogP contribution < -0.4 is 0 Å². The van der Waals surface area contributed by atoms with Gasteiger partial charge in [-0.25, -0.2) is 4.79 Å². The summed E-state index contributed by atoms with van der Waals surface area (Å²) in [4.78, 5) is 10.9. The second-order valence-corrected chi connectivity index (χ2v) is 4.80. The van der Waals surface area contributed by atoms with E-state index in [2.05, 4.69) is 4.74 Å².